The van der Waals surface area contributed by atoms with Crippen LogP contribution in [0.3, 0.4) is 0 Å². The Balaban J connectivity index is 2.90. The largest absolute Gasteiger partial charge is 0.508 e. The molecule has 1 rings (SSSR count). The van der Waals surface area contributed by atoms with Crippen molar-refractivity contribution in [1.29, 1.82) is 0 Å². The molecule has 0 saturated heterocycles. The van der Waals surface area contributed by atoms with Crippen molar-refractivity contribution in [2.45, 2.75) is 33.1 Å². The van der Waals surface area contributed by atoms with Gasteiger partial charge in [0.25, 0.3) is 0 Å². The third kappa shape index (κ3) is 2.26. The highest BCUT2D eigenvalue weighted by Gasteiger charge is 1.97. The maximum absolute atomic E-state index is 9.35. The third-order valence-electron chi connectivity index (χ3n) is 1.98. The van der Waals surface area contributed by atoms with E-state index in [0.717, 1.165) is 19.3 Å². The van der Waals surface area contributed by atoms with Crippen LogP contribution in [-0.2, 0) is 12.8 Å². The molecule has 0 heterocycles. The van der Waals surface area contributed by atoms with Crippen molar-refractivity contribution in [3.63, 3.8) is 0 Å². The van der Waals surface area contributed by atoms with E-state index in [4.69, 9.17) is 0 Å². The molecule has 66 valence electrons. The van der Waals surface area contributed by atoms with Crippen molar-refractivity contribution < 1.29 is 5.11 Å². The van der Waals surface area contributed by atoms with E-state index in [9.17, 15) is 5.11 Å². The molecule has 0 amide bonds. The molecule has 0 bridgehead atoms. The van der Waals surface area contributed by atoms with Crippen LogP contribution in [0.25, 0.3) is 0 Å². The second-order valence-corrected chi connectivity index (χ2v) is 3.11. The normalized spacial score (nSPS) is 10.2. The number of phenolic OH excluding ortho intramolecular Hbond substituents is 1. The summed E-state index contributed by atoms with van der Waals surface area (Å²) in [5, 5.41) is 9.35. The molecule has 1 aromatic carbocycles. The van der Waals surface area contributed by atoms with Crippen LogP contribution < -0.4 is 0 Å². The number of hydrogen-bond acceptors (Lipinski definition) is 1. The van der Waals surface area contributed by atoms with Crippen molar-refractivity contribution in [2.24, 2.45) is 0 Å². The molecule has 0 aliphatic rings. The molecule has 0 atom stereocenters. The lowest BCUT2D eigenvalue weighted by atomic mass is 10.0. The zero-order valence-electron chi connectivity index (χ0n) is 7.80. The minimum atomic E-state index is 0.401. The van der Waals surface area contributed by atoms with Crippen LogP contribution in [0, 0.1) is 0 Å². The Hall–Kier alpha value is -0.980. The summed E-state index contributed by atoms with van der Waals surface area (Å²) in [7, 11) is 0. The van der Waals surface area contributed by atoms with Gasteiger partial charge in [0.15, 0.2) is 0 Å². The first-order valence-corrected chi connectivity index (χ1v) is 4.58. The van der Waals surface area contributed by atoms with Crippen molar-refractivity contribution in [2.75, 3.05) is 0 Å². The molecular formula is C11H16O. The van der Waals surface area contributed by atoms with E-state index in [1.54, 1.807) is 0 Å². The third-order valence-corrected chi connectivity index (χ3v) is 1.98. The topological polar surface area (TPSA) is 20.2 Å². The minimum Gasteiger partial charge on any atom is -0.508 e. The van der Waals surface area contributed by atoms with Crippen LogP contribution in [0.2, 0.25) is 0 Å². The highest BCUT2D eigenvalue weighted by atomic mass is 16.3. The monoisotopic (exact) mass is 164 g/mol. The van der Waals surface area contributed by atoms with E-state index >= 15 is 0 Å². The smallest absolute Gasteiger partial charge is 0.116 e. The zero-order valence-corrected chi connectivity index (χ0v) is 7.80. The predicted octanol–water partition coefficient (Wildman–Crippen LogP) is 2.91. The molecule has 0 spiro atoms. The number of hydrogen-bond donors (Lipinski definition) is 1. The Bertz CT molecular complexity index is 253. The van der Waals surface area contributed by atoms with Crippen molar-refractivity contribution in [1.82, 2.24) is 0 Å². The standard InChI is InChI=1S/C11H16O/c1-3-5-10-6-9(4-2)7-11(12)8-10/h6-8,12H,3-5H2,1-2H3. The summed E-state index contributed by atoms with van der Waals surface area (Å²) in [6.07, 6.45) is 3.18. The fourth-order valence-corrected chi connectivity index (χ4v) is 1.38. The molecule has 1 heteroatoms. The van der Waals surface area contributed by atoms with Gasteiger partial charge in [-0.05, 0) is 36.1 Å². The van der Waals surface area contributed by atoms with Crippen LogP contribution in [0.4, 0.5) is 0 Å². The molecule has 0 saturated carbocycles. The lowest BCUT2D eigenvalue weighted by Crippen LogP contribution is -1.86. The highest BCUT2D eigenvalue weighted by Crippen LogP contribution is 2.17. The lowest BCUT2D eigenvalue weighted by molar-refractivity contribution is 0.473. The average Bonchev–Trinajstić information content (AvgIpc) is 2.04. The summed E-state index contributed by atoms with van der Waals surface area (Å²) in [6.45, 7) is 4.25. The fraction of sp³-hybridized carbons (Fsp3) is 0.455. The van der Waals surface area contributed by atoms with Gasteiger partial charge < -0.3 is 5.11 Å². The first-order chi connectivity index (χ1) is 5.76. The van der Waals surface area contributed by atoms with Gasteiger partial charge >= 0.3 is 0 Å². The van der Waals surface area contributed by atoms with Gasteiger partial charge in [0.05, 0.1) is 0 Å². The van der Waals surface area contributed by atoms with Crippen LogP contribution in [0.15, 0.2) is 18.2 Å². The summed E-state index contributed by atoms with van der Waals surface area (Å²) < 4.78 is 0. The predicted molar refractivity (Wildman–Crippen MR) is 51.5 cm³/mol. The highest BCUT2D eigenvalue weighted by molar-refractivity contribution is 5.33. The average molecular weight is 164 g/mol. The maximum Gasteiger partial charge on any atom is 0.116 e. The van der Waals surface area contributed by atoms with Crippen LogP contribution in [0.1, 0.15) is 31.4 Å². The Morgan fingerprint density at radius 1 is 1.08 bits per heavy atom. The van der Waals surface area contributed by atoms with Gasteiger partial charge in [-0.2, -0.15) is 0 Å². The first kappa shape index (κ1) is 9.11. The molecule has 0 fully saturated rings. The van der Waals surface area contributed by atoms with Crippen molar-refractivity contribution >= 4 is 0 Å². The Kier molecular flexibility index (Phi) is 3.15. The van der Waals surface area contributed by atoms with Gasteiger partial charge in [-0.25, -0.2) is 0 Å². The van der Waals surface area contributed by atoms with Crippen LogP contribution in [0.5, 0.6) is 5.75 Å². The maximum atomic E-state index is 9.35. The number of benzene rings is 1. The number of phenols is 1. The van der Waals surface area contributed by atoms with E-state index in [-0.39, 0.29) is 0 Å². The summed E-state index contributed by atoms with van der Waals surface area (Å²) in [6, 6.07) is 5.85. The summed E-state index contributed by atoms with van der Waals surface area (Å²) >= 11 is 0. The lowest BCUT2D eigenvalue weighted by Gasteiger charge is -2.03. The van der Waals surface area contributed by atoms with Crippen molar-refractivity contribution in [3.8, 4) is 5.75 Å². The van der Waals surface area contributed by atoms with Gasteiger partial charge in [-0.15, -0.1) is 0 Å². The summed E-state index contributed by atoms with van der Waals surface area (Å²) in [5.74, 6) is 0.401. The Labute approximate surface area is 74.1 Å². The molecule has 1 N–H and O–H groups in total. The van der Waals surface area contributed by atoms with Gasteiger partial charge in [0, 0.05) is 0 Å². The minimum absolute atomic E-state index is 0.401. The Morgan fingerprint density at radius 3 is 2.33 bits per heavy atom. The molecule has 1 aromatic rings. The van der Waals surface area contributed by atoms with Crippen molar-refractivity contribution in [3.05, 3.63) is 29.3 Å². The molecule has 0 aromatic heterocycles. The zero-order chi connectivity index (χ0) is 8.97. The second-order valence-electron chi connectivity index (χ2n) is 3.11. The summed E-state index contributed by atoms with van der Waals surface area (Å²) in [5.41, 5.74) is 2.47. The quantitative estimate of drug-likeness (QED) is 0.728. The Morgan fingerprint density at radius 2 is 1.75 bits per heavy atom. The molecule has 1 nitrogen and oxygen atoms in total. The summed E-state index contributed by atoms with van der Waals surface area (Å²) in [4.78, 5) is 0. The van der Waals surface area contributed by atoms with Gasteiger partial charge in [0.2, 0.25) is 0 Å². The number of aromatic hydroxyl groups is 1. The second kappa shape index (κ2) is 4.15. The number of rotatable bonds is 3. The number of aryl methyl sites for hydroxylation is 2. The molecule has 0 aliphatic carbocycles. The van der Waals surface area contributed by atoms with Gasteiger partial charge in [0.1, 0.15) is 5.75 Å². The van der Waals surface area contributed by atoms with E-state index in [1.807, 2.05) is 12.1 Å². The van der Waals surface area contributed by atoms with Crippen LogP contribution in [-0.4, -0.2) is 5.11 Å². The van der Waals surface area contributed by atoms with E-state index < -0.39 is 0 Å². The first-order valence-electron chi connectivity index (χ1n) is 4.58. The molecule has 0 aliphatic heterocycles. The molecule has 0 unspecified atom stereocenters. The van der Waals surface area contributed by atoms with E-state index in [2.05, 4.69) is 19.9 Å². The fourth-order valence-electron chi connectivity index (χ4n) is 1.38. The SMILES string of the molecule is CCCc1cc(O)cc(CC)c1. The molecular weight excluding hydrogens is 148 g/mol. The van der Waals surface area contributed by atoms with Gasteiger partial charge in [-0.3, -0.25) is 0 Å². The molecule has 12 heavy (non-hydrogen) atoms. The van der Waals surface area contributed by atoms with E-state index in [0.29, 0.717) is 5.75 Å². The molecule has 0 radical (unpaired) electrons. The van der Waals surface area contributed by atoms with E-state index in [1.165, 1.54) is 11.1 Å². The van der Waals surface area contributed by atoms with Crippen LogP contribution >= 0.6 is 0 Å². The van der Waals surface area contributed by atoms with Gasteiger partial charge in [-0.1, -0.05) is 26.3 Å².